The lowest BCUT2D eigenvalue weighted by Gasteiger charge is -2.43. The number of amides is 2. The Morgan fingerprint density at radius 3 is 2.09 bits per heavy atom. The number of nitrogens with one attached hydrogen (secondary N) is 1. The largest absolute Gasteiger partial charge is 0.434 e. The lowest BCUT2D eigenvalue weighted by Crippen LogP contribution is -2.63. The second kappa shape index (κ2) is 9.99. The van der Waals surface area contributed by atoms with Crippen LogP contribution in [-0.2, 0) is 9.53 Å². The molecule has 0 radical (unpaired) electrons. The van der Waals surface area contributed by atoms with Crippen LogP contribution in [0.2, 0.25) is 0 Å². The summed E-state index contributed by atoms with van der Waals surface area (Å²) in [5, 5.41) is 2.84. The summed E-state index contributed by atoms with van der Waals surface area (Å²) in [4.78, 5) is 33.8. The fourth-order valence-electron chi connectivity index (χ4n) is 4.36. The van der Waals surface area contributed by atoms with Gasteiger partial charge in [-0.25, -0.2) is 4.79 Å². The van der Waals surface area contributed by atoms with Gasteiger partial charge in [0.15, 0.2) is 5.84 Å². The van der Waals surface area contributed by atoms with E-state index in [2.05, 4.69) is 19.9 Å². The van der Waals surface area contributed by atoms with Crippen molar-refractivity contribution in [3.63, 3.8) is 0 Å². The Bertz CT molecular complexity index is 809. The van der Waals surface area contributed by atoms with Gasteiger partial charge in [-0.05, 0) is 32.6 Å². The molecule has 0 aromatic carbocycles. The standard InChI is InChI=1S/C20H30F6N6O3/c1-18(5-7-30(8-6-18)17(34)35-16(19(21,22)23)20(24,25)26)29-15(33)14(28-2)32-10-9-31(11-13(32)27)12-3-4-12/h12-13,16H,3-11,27H2,1-2H3,(H,29,33). The van der Waals surface area contributed by atoms with E-state index in [-0.39, 0.29) is 31.8 Å². The second-order valence-electron chi connectivity index (χ2n) is 9.38. The molecule has 15 heteroatoms. The third-order valence-electron chi connectivity index (χ3n) is 6.55. The molecule has 9 nitrogen and oxygen atoms in total. The van der Waals surface area contributed by atoms with E-state index in [0.29, 0.717) is 19.1 Å². The van der Waals surface area contributed by atoms with Crippen LogP contribution in [0.15, 0.2) is 4.99 Å². The average Bonchev–Trinajstić information content (AvgIpc) is 3.57. The maximum atomic E-state index is 13.0. The van der Waals surface area contributed by atoms with E-state index in [0.717, 1.165) is 24.3 Å². The zero-order chi connectivity index (χ0) is 26.2. The van der Waals surface area contributed by atoms with Gasteiger partial charge in [0.1, 0.15) is 0 Å². The molecule has 1 unspecified atom stereocenters. The molecule has 1 atom stereocenters. The first-order chi connectivity index (χ1) is 16.1. The summed E-state index contributed by atoms with van der Waals surface area (Å²) in [5.74, 6) is -0.343. The number of hydrogen-bond acceptors (Lipinski definition) is 6. The molecule has 2 aliphatic heterocycles. The Balaban J connectivity index is 1.54. The van der Waals surface area contributed by atoms with Crippen LogP contribution in [0.3, 0.4) is 0 Å². The van der Waals surface area contributed by atoms with E-state index < -0.39 is 42.2 Å². The predicted octanol–water partition coefficient (Wildman–Crippen LogP) is 1.68. The van der Waals surface area contributed by atoms with E-state index in [1.54, 1.807) is 11.8 Å². The van der Waals surface area contributed by atoms with Crippen LogP contribution in [0.1, 0.15) is 32.6 Å². The van der Waals surface area contributed by atoms with Crippen molar-refractivity contribution in [3.05, 3.63) is 0 Å². The zero-order valence-corrected chi connectivity index (χ0v) is 19.5. The van der Waals surface area contributed by atoms with Crippen molar-refractivity contribution in [2.24, 2.45) is 10.7 Å². The predicted molar refractivity (Wildman–Crippen MR) is 112 cm³/mol. The Hall–Kier alpha value is -2.29. The van der Waals surface area contributed by atoms with Gasteiger partial charge >= 0.3 is 18.4 Å². The quantitative estimate of drug-likeness (QED) is 0.336. The van der Waals surface area contributed by atoms with E-state index in [4.69, 9.17) is 5.73 Å². The van der Waals surface area contributed by atoms with Crippen molar-refractivity contribution in [1.82, 2.24) is 20.0 Å². The summed E-state index contributed by atoms with van der Waals surface area (Å²) in [6.45, 7) is 3.15. The number of piperidine rings is 1. The van der Waals surface area contributed by atoms with E-state index in [9.17, 15) is 35.9 Å². The van der Waals surface area contributed by atoms with Crippen LogP contribution in [0.5, 0.6) is 0 Å². The third kappa shape index (κ3) is 6.68. The molecule has 0 aromatic heterocycles. The molecule has 3 rings (SSSR count). The smallest absolute Gasteiger partial charge is 0.426 e. The highest BCUT2D eigenvalue weighted by Crippen LogP contribution is 2.36. The summed E-state index contributed by atoms with van der Waals surface area (Å²) in [6.07, 6.45) is -15.5. The van der Waals surface area contributed by atoms with Gasteiger partial charge < -0.3 is 25.6 Å². The highest BCUT2D eigenvalue weighted by atomic mass is 19.4. The van der Waals surface area contributed by atoms with Crippen molar-refractivity contribution >= 4 is 17.8 Å². The molecule has 2 saturated heterocycles. The number of ether oxygens (including phenoxy) is 1. The first-order valence-corrected chi connectivity index (χ1v) is 11.3. The van der Waals surface area contributed by atoms with Crippen LogP contribution in [0.25, 0.3) is 0 Å². The van der Waals surface area contributed by atoms with Crippen molar-refractivity contribution in [3.8, 4) is 0 Å². The molecule has 0 aromatic rings. The van der Waals surface area contributed by atoms with Crippen molar-refractivity contribution < 1.29 is 40.7 Å². The highest BCUT2D eigenvalue weighted by molar-refractivity contribution is 6.38. The normalized spacial score (nSPS) is 24.5. The number of piperazine rings is 1. The molecule has 35 heavy (non-hydrogen) atoms. The fourth-order valence-corrected chi connectivity index (χ4v) is 4.36. The number of amidine groups is 1. The summed E-state index contributed by atoms with van der Waals surface area (Å²) >= 11 is 0. The number of halogens is 6. The average molecular weight is 516 g/mol. The van der Waals surface area contributed by atoms with Crippen LogP contribution in [0.4, 0.5) is 31.1 Å². The van der Waals surface area contributed by atoms with Crippen LogP contribution >= 0.6 is 0 Å². The number of nitrogens with two attached hydrogens (primary N) is 1. The molecule has 1 saturated carbocycles. The van der Waals surface area contributed by atoms with Crippen molar-refractivity contribution in [2.75, 3.05) is 39.8 Å². The summed E-state index contributed by atoms with van der Waals surface area (Å²) < 4.78 is 79.8. The Kier molecular flexibility index (Phi) is 7.79. The van der Waals surface area contributed by atoms with Gasteiger partial charge in [-0.2, -0.15) is 26.3 Å². The molecule has 3 fully saturated rings. The molecule has 0 spiro atoms. The zero-order valence-electron chi connectivity index (χ0n) is 19.5. The number of carbonyl (C=O) groups is 2. The molecule has 3 N–H and O–H groups in total. The lowest BCUT2D eigenvalue weighted by atomic mass is 9.89. The van der Waals surface area contributed by atoms with Crippen LogP contribution < -0.4 is 11.1 Å². The SMILES string of the molecule is CN=C(C(=O)NC1(C)CCN(C(=O)OC(C(F)(F)F)C(F)(F)F)CC1)N1CCN(C2CC2)CC1N. The van der Waals surface area contributed by atoms with Gasteiger partial charge in [-0.3, -0.25) is 14.7 Å². The number of nitrogens with zero attached hydrogens (tertiary/aromatic N) is 4. The molecule has 2 amide bonds. The first kappa shape index (κ1) is 27.3. The second-order valence-corrected chi connectivity index (χ2v) is 9.38. The Labute approximate surface area is 198 Å². The molecule has 2 heterocycles. The van der Waals surface area contributed by atoms with Gasteiger partial charge in [0, 0.05) is 51.4 Å². The molecule has 0 bridgehead atoms. The Morgan fingerprint density at radius 2 is 1.63 bits per heavy atom. The topological polar surface area (TPSA) is 103 Å². The summed E-state index contributed by atoms with van der Waals surface area (Å²) in [7, 11) is 1.47. The highest BCUT2D eigenvalue weighted by Gasteiger charge is 2.60. The minimum Gasteiger partial charge on any atom is -0.426 e. The summed E-state index contributed by atoms with van der Waals surface area (Å²) in [5.41, 5.74) is 5.41. The van der Waals surface area contributed by atoms with E-state index in [1.165, 1.54) is 7.05 Å². The van der Waals surface area contributed by atoms with Gasteiger partial charge in [-0.15, -0.1) is 0 Å². The molecule has 200 valence electrons. The van der Waals surface area contributed by atoms with Crippen molar-refractivity contribution in [2.45, 2.75) is 68.8 Å². The van der Waals surface area contributed by atoms with E-state index >= 15 is 0 Å². The molecule has 1 aliphatic carbocycles. The van der Waals surface area contributed by atoms with Gasteiger partial charge in [0.2, 0.25) is 0 Å². The van der Waals surface area contributed by atoms with E-state index in [1.807, 2.05) is 0 Å². The van der Waals surface area contributed by atoms with Gasteiger partial charge in [0.05, 0.1) is 6.17 Å². The number of hydrogen-bond donors (Lipinski definition) is 2. The van der Waals surface area contributed by atoms with Crippen molar-refractivity contribution in [1.29, 1.82) is 0 Å². The third-order valence-corrected chi connectivity index (χ3v) is 6.55. The summed E-state index contributed by atoms with van der Waals surface area (Å²) in [6, 6.07) is 0.539. The van der Waals surface area contributed by atoms with Gasteiger partial charge in [-0.1, -0.05) is 0 Å². The van der Waals surface area contributed by atoms with Gasteiger partial charge in [0.25, 0.3) is 12.0 Å². The monoisotopic (exact) mass is 516 g/mol. The number of aliphatic imine (C=N–C) groups is 1. The fraction of sp³-hybridized carbons (Fsp3) is 0.850. The molecular formula is C20H30F6N6O3. The minimum atomic E-state index is -5.78. The molecule has 3 aliphatic rings. The maximum Gasteiger partial charge on any atom is 0.434 e. The number of rotatable bonds is 3. The van der Waals surface area contributed by atoms with Crippen LogP contribution in [0, 0.1) is 0 Å². The number of likely N-dealkylation sites (tertiary alicyclic amines) is 1. The first-order valence-electron chi connectivity index (χ1n) is 11.3. The minimum absolute atomic E-state index is 0.0923. The maximum absolute atomic E-state index is 13.0. The number of alkyl halides is 6. The molecular weight excluding hydrogens is 486 g/mol. The van der Waals surface area contributed by atoms with Crippen LogP contribution in [-0.4, -0.2) is 109 Å². The Morgan fingerprint density at radius 1 is 1.06 bits per heavy atom. The number of carbonyl (C=O) groups excluding carboxylic acids is 2. The lowest BCUT2D eigenvalue weighted by molar-refractivity contribution is -0.308.